The van der Waals surface area contributed by atoms with Crippen LogP contribution in [0.5, 0.6) is 5.75 Å². The Balaban J connectivity index is 1.80. The number of thioether (sulfide) groups is 1. The number of hydrogen-bond donors (Lipinski definition) is 1. The fraction of sp³-hybridized carbons (Fsp3) is 0.111. The molecule has 116 valence electrons. The molecule has 0 radical (unpaired) electrons. The quantitative estimate of drug-likeness (QED) is 0.672. The summed E-state index contributed by atoms with van der Waals surface area (Å²) in [5, 5.41) is 2.62. The number of benzene rings is 2. The zero-order valence-corrected chi connectivity index (χ0v) is 14.2. The van der Waals surface area contributed by atoms with E-state index in [4.69, 9.17) is 17.0 Å². The van der Waals surface area contributed by atoms with Crippen LogP contribution < -0.4 is 10.1 Å². The van der Waals surface area contributed by atoms with Gasteiger partial charge in [0.15, 0.2) is 0 Å². The molecule has 1 aliphatic rings. The molecule has 3 rings (SSSR count). The minimum atomic E-state index is -0.159. The minimum Gasteiger partial charge on any atom is -0.488 e. The molecule has 5 heteroatoms. The summed E-state index contributed by atoms with van der Waals surface area (Å²) in [6, 6.07) is 15.9. The van der Waals surface area contributed by atoms with Gasteiger partial charge in [-0.1, -0.05) is 72.0 Å². The number of carbonyl (C=O) groups is 1. The van der Waals surface area contributed by atoms with Crippen molar-refractivity contribution in [1.29, 1.82) is 0 Å². The Labute approximate surface area is 144 Å². The van der Waals surface area contributed by atoms with Crippen molar-refractivity contribution in [2.75, 3.05) is 0 Å². The Morgan fingerprint density at radius 2 is 2.04 bits per heavy atom. The van der Waals surface area contributed by atoms with Crippen molar-refractivity contribution in [1.82, 2.24) is 5.32 Å². The van der Waals surface area contributed by atoms with E-state index in [0.717, 1.165) is 16.9 Å². The van der Waals surface area contributed by atoms with Gasteiger partial charge in [-0.15, -0.1) is 0 Å². The Kier molecular flexibility index (Phi) is 4.79. The molecule has 2 aromatic rings. The summed E-state index contributed by atoms with van der Waals surface area (Å²) in [5.74, 6) is 0.584. The van der Waals surface area contributed by atoms with E-state index in [1.807, 2.05) is 42.5 Å². The number of para-hydroxylation sites is 1. The van der Waals surface area contributed by atoms with Crippen LogP contribution in [0.1, 0.15) is 16.7 Å². The van der Waals surface area contributed by atoms with Crippen molar-refractivity contribution < 1.29 is 9.53 Å². The molecule has 1 aliphatic heterocycles. The molecular formula is C18H15NO2S2. The molecule has 1 heterocycles. The van der Waals surface area contributed by atoms with Gasteiger partial charge in [0.05, 0.1) is 4.91 Å². The van der Waals surface area contributed by atoms with Crippen molar-refractivity contribution in [3.05, 3.63) is 70.1 Å². The standard InChI is InChI=1S/C18H15NO2S2/c1-12-5-4-6-13(9-12)11-21-15-8-3-2-7-14(15)10-16-17(20)19-18(22)23-16/h2-10H,11H2,1H3,(H,19,20,22)/b16-10-. The largest absolute Gasteiger partial charge is 0.488 e. The van der Waals surface area contributed by atoms with E-state index >= 15 is 0 Å². The first-order valence-electron chi connectivity index (χ1n) is 7.14. The van der Waals surface area contributed by atoms with Gasteiger partial charge in [0, 0.05) is 5.56 Å². The molecule has 0 spiro atoms. The average molecular weight is 341 g/mol. The van der Waals surface area contributed by atoms with Gasteiger partial charge in [0.2, 0.25) is 0 Å². The second-order valence-electron chi connectivity index (χ2n) is 5.17. The molecule has 0 saturated carbocycles. The molecule has 0 aliphatic carbocycles. The van der Waals surface area contributed by atoms with Gasteiger partial charge in [0.1, 0.15) is 16.7 Å². The van der Waals surface area contributed by atoms with Gasteiger partial charge >= 0.3 is 0 Å². The molecule has 1 saturated heterocycles. The smallest absolute Gasteiger partial charge is 0.263 e. The van der Waals surface area contributed by atoms with Crippen molar-refractivity contribution >= 4 is 40.3 Å². The maximum absolute atomic E-state index is 11.8. The predicted molar refractivity (Wildman–Crippen MR) is 98.3 cm³/mol. The summed E-state index contributed by atoms with van der Waals surface area (Å²) in [5.41, 5.74) is 3.18. The van der Waals surface area contributed by atoms with E-state index in [9.17, 15) is 4.79 Å². The summed E-state index contributed by atoms with van der Waals surface area (Å²) in [7, 11) is 0. The average Bonchev–Trinajstić information content (AvgIpc) is 2.84. The lowest BCUT2D eigenvalue weighted by atomic mass is 10.1. The third-order valence-corrected chi connectivity index (χ3v) is 4.49. The van der Waals surface area contributed by atoms with Crippen molar-refractivity contribution in [3.8, 4) is 5.75 Å². The Bertz CT molecular complexity index is 799. The maximum Gasteiger partial charge on any atom is 0.263 e. The van der Waals surface area contributed by atoms with Crippen LogP contribution >= 0.6 is 24.0 Å². The highest BCUT2D eigenvalue weighted by atomic mass is 32.2. The number of carbonyl (C=O) groups excluding carboxylic acids is 1. The first-order valence-corrected chi connectivity index (χ1v) is 8.36. The Hall–Kier alpha value is -2.11. The SMILES string of the molecule is Cc1cccc(COc2ccccc2/C=C2\SC(=S)NC2=O)c1. The van der Waals surface area contributed by atoms with E-state index in [1.54, 1.807) is 0 Å². The highest BCUT2D eigenvalue weighted by Gasteiger charge is 2.22. The summed E-state index contributed by atoms with van der Waals surface area (Å²) in [6.45, 7) is 2.54. The maximum atomic E-state index is 11.8. The molecule has 1 fully saturated rings. The molecule has 23 heavy (non-hydrogen) atoms. The Morgan fingerprint density at radius 1 is 1.22 bits per heavy atom. The highest BCUT2D eigenvalue weighted by Crippen LogP contribution is 2.29. The third kappa shape index (κ3) is 4.00. The first kappa shape index (κ1) is 15.8. The highest BCUT2D eigenvalue weighted by molar-refractivity contribution is 8.26. The summed E-state index contributed by atoms with van der Waals surface area (Å²) >= 11 is 6.28. The molecule has 0 aromatic heterocycles. The lowest BCUT2D eigenvalue weighted by Crippen LogP contribution is -2.17. The van der Waals surface area contributed by atoms with Gasteiger partial charge < -0.3 is 10.1 Å². The van der Waals surface area contributed by atoms with Crippen LogP contribution in [0.2, 0.25) is 0 Å². The summed E-state index contributed by atoms with van der Waals surface area (Å²) in [6.07, 6.45) is 1.81. The lowest BCUT2D eigenvalue weighted by Gasteiger charge is -2.10. The van der Waals surface area contributed by atoms with Gasteiger partial charge in [-0.25, -0.2) is 0 Å². The van der Waals surface area contributed by atoms with E-state index in [-0.39, 0.29) is 5.91 Å². The molecular weight excluding hydrogens is 326 g/mol. The van der Waals surface area contributed by atoms with E-state index in [1.165, 1.54) is 17.3 Å². The molecule has 2 aromatic carbocycles. The topological polar surface area (TPSA) is 38.3 Å². The second kappa shape index (κ2) is 6.98. The van der Waals surface area contributed by atoms with Crippen LogP contribution in [0.3, 0.4) is 0 Å². The Morgan fingerprint density at radius 3 is 2.78 bits per heavy atom. The summed E-state index contributed by atoms with van der Waals surface area (Å²) < 4.78 is 6.42. The summed E-state index contributed by atoms with van der Waals surface area (Å²) in [4.78, 5) is 12.4. The molecule has 3 nitrogen and oxygen atoms in total. The van der Waals surface area contributed by atoms with Gasteiger partial charge in [-0.05, 0) is 24.6 Å². The number of nitrogens with one attached hydrogen (secondary N) is 1. The first-order chi connectivity index (χ1) is 11.1. The fourth-order valence-corrected chi connectivity index (χ4v) is 3.29. The second-order valence-corrected chi connectivity index (χ2v) is 6.89. The van der Waals surface area contributed by atoms with E-state index in [0.29, 0.717) is 15.8 Å². The normalized spacial score (nSPS) is 15.8. The van der Waals surface area contributed by atoms with Gasteiger partial charge in [0.25, 0.3) is 5.91 Å². The number of ether oxygens (including phenoxy) is 1. The van der Waals surface area contributed by atoms with Crippen molar-refractivity contribution in [2.45, 2.75) is 13.5 Å². The van der Waals surface area contributed by atoms with Crippen LogP contribution in [0.25, 0.3) is 6.08 Å². The van der Waals surface area contributed by atoms with Crippen LogP contribution in [0, 0.1) is 6.92 Å². The van der Waals surface area contributed by atoms with Crippen molar-refractivity contribution in [2.24, 2.45) is 0 Å². The molecule has 0 bridgehead atoms. The van der Waals surface area contributed by atoms with Crippen molar-refractivity contribution in [3.63, 3.8) is 0 Å². The minimum absolute atomic E-state index is 0.159. The van der Waals surface area contributed by atoms with Crippen LogP contribution in [0.4, 0.5) is 0 Å². The number of thiocarbonyl (C=S) groups is 1. The zero-order chi connectivity index (χ0) is 16.2. The molecule has 0 unspecified atom stereocenters. The number of amides is 1. The van der Waals surface area contributed by atoms with Gasteiger partial charge in [-0.2, -0.15) is 0 Å². The van der Waals surface area contributed by atoms with Crippen LogP contribution in [0.15, 0.2) is 53.4 Å². The molecule has 1 N–H and O–H groups in total. The number of rotatable bonds is 4. The fourth-order valence-electron chi connectivity index (χ4n) is 2.26. The molecule has 1 amide bonds. The molecule has 0 atom stereocenters. The van der Waals surface area contributed by atoms with Gasteiger partial charge in [-0.3, -0.25) is 4.79 Å². The van der Waals surface area contributed by atoms with Crippen LogP contribution in [-0.4, -0.2) is 10.2 Å². The number of aryl methyl sites for hydroxylation is 1. The zero-order valence-electron chi connectivity index (χ0n) is 12.5. The van der Waals surface area contributed by atoms with E-state index < -0.39 is 0 Å². The third-order valence-electron chi connectivity index (χ3n) is 3.32. The monoisotopic (exact) mass is 341 g/mol. The van der Waals surface area contributed by atoms with Crippen LogP contribution in [-0.2, 0) is 11.4 Å². The number of hydrogen-bond acceptors (Lipinski definition) is 4. The van der Waals surface area contributed by atoms with E-state index in [2.05, 4.69) is 24.4 Å². The lowest BCUT2D eigenvalue weighted by molar-refractivity contribution is -0.115. The predicted octanol–water partition coefficient (Wildman–Crippen LogP) is 4.06.